The highest BCUT2D eigenvalue weighted by atomic mass is 32.1. The molecule has 2 N–H and O–H groups in total. The maximum atomic E-state index is 11.9. The fraction of sp³-hybridized carbons (Fsp3) is 0.500. The van der Waals surface area contributed by atoms with Gasteiger partial charge in [-0.15, -0.1) is 11.3 Å². The van der Waals surface area contributed by atoms with Gasteiger partial charge in [-0.3, -0.25) is 14.5 Å². The minimum Gasteiger partial charge on any atom is -0.369 e. The summed E-state index contributed by atoms with van der Waals surface area (Å²) < 4.78 is 0. The molecule has 0 radical (unpaired) electrons. The topological polar surface area (TPSA) is 63.4 Å². The molecule has 0 aromatic carbocycles. The summed E-state index contributed by atoms with van der Waals surface area (Å²) in [5.41, 5.74) is 5.31. The quantitative estimate of drug-likeness (QED) is 0.817. The van der Waals surface area contributed by atoms with Crippen molar-refractivity contribution in [1.29, 1.82) is 0 Å². The van der Waals surface area contributed by atoms with Crippen LogP contribution in [0.2, 0.25) is 0 Å². The summed E-state index contributed by atoms with van der Waals surface area (Å²) in [5, 5.41) is 1.90. The van der Waals surface area contributed by atoms with E-state index in [4.69, 9.17) is 5.73 Å². The van der Waals surface area contributed by atoms with Crippen LogP contribution in [0.3, 0.4) is 0 Å². The first-order chi connectivity index (χ1) is 8.16. The van der Waals surface area contributed by atoms with Crippen LogP contribution in [0, 0.1) is 5.92 Å². The summed E-state index contributed by atoms with van der Waals surface area (Å²) in [7, 11) is 0. The SMILES string of the molecule is NC(=O)C1CCCN(CC(=O)c2cccs2)C1. The maximum absolute atomic E-state index is 11.9. The number of nitrogens with two attached hydrogens (primary N) is 1. The molecular weight excluding hydrogens is 236 g/mol. The van der Waals surface area contributed by atoms with Gasteiger partial charge in [-0.1, -0.05) is 6.07 Å². The molecule has 5 heteroatoms. The molecule has 1 saturated heterocycles. The third-order valence-electron chi connectivity index (χ3n) is 3.07. The third kappa shape index (κ3) is 3.14. The van der Waals surface area contributed by atoms with E-state index in [2.05, 4.69) is 0 Å². The molecule has 92 valence electrons. The standard InChI is InChI=1S/C12H16N2O2S/c13-12(16)9-3-1-5-14(7-9)8-10(15)11-4-2-6-17-11/h2,4,6,9H,1,3,5,7-8H2,(H2,13,16). The van der Waals surface area contributed by atoms with Gasteiger partial charge in [0, 0.05) is 6.54 Å². The fourth-order valence-corrected chi connectivity index (χ4v) is 2.81. The number of amides is 1. The summed E-state index contributed by atoms with van der Waals surface area (Å²) >= 11 is 1.46. The number of primary amides is 1. The van der Waals surface area contributed by atoms with Gasteiger partial charge >= 0.3 is 0 Å². The van der Waals surface area contributed by atoms with Gasteiger partial charge in [0.2, 0.25) is 5.91 Å². The number of carbonyl (C=O) groups excluding carboxylic acids is 2. The Labute approximate surface area is 104 Å². The lowest BCUT2D eigenvalue weighted by molar-refractivity contribution is -0.123. The Morgan fingerprint density at radius 1 is 1.53 bits per heavy atom. The van der Waals surface area contributed by atoms with E-state index in [0.717, 1.165) is 24.3 Å². The molecule has 1 aliphatic heterocycles. The van der Waals surface area contributed by atoms with E-state index in [1.165, 1.54) is 11.3 Å². The van der Waals surface area contributed by atoms with Gasteiger partial charge in [0.05, 0.1) is 17.3 Å². The van der Waals surface area contributed by atoms with Crippen molar-refractivity contribution in [3.8, 4) is 0 Å². The van der Waals surface area contributed by atoms with Crippen LogP contribution in [-0.4, -0.2) is 36.2 Å². The van der Waals surface area contributed by atoms with Crippen LogP contribution in [-0.2, 0) is 4.79 Å². The lowest BCUT2D eigenvalue weighted by Gasteiger charge is -2.30. The van der Waals surface area contributed by atoms with Crippen LogP contribution in [0.4, 0.5) is 0 Å². The highest BCUT2D eigenvalue weighted by Gasteiger charge is 2.25. The summed E-state index contributed by atoms with van der Waals surface area (Å²) in [4.78, 5) is 25.8. The second-order valence-corrected chi connectivity index (χ2v) is 5.32. The third-order valence-corrected chi connectivity index (χ3v) is 3.98. The average Bonchev–Trinajstić information content (AvgIpc) is 2.82. The van der Waals surface area contributed by atoms with Crippen LogP contribution in [0.5, 0.6) is 0 Å². The predicted octanol–water partition coefficient (Wildman–Crippen LogP) is 1.13. The normalized spacial score (nSPS) is 21.3. The molecule has 0 aliphatic carbocycles. The molecule has 0 saturated carbocycles. The summed E-state index contributed by atoms with van der Waals surface area (Å²) in [5.74, 6) is -0.219. The monoisotopic (exact) mass is 252 g/mol. The van der Waals surface area contributed by atoms with E-state index in [0.29, 0.717) is 13.1 Å². The Balaban J connectivity index is 1.91. The zero-order valence-electron chi connectivity index (χ0n) is 9.59. The van der Waals surface area contributed by atoms with Gasteiger partial charge in [0.1, 0.15) is 0 Å². The van der Waals surface area contributed by atoms with E-state index in [1.54, 1.807) is 0 Å². The number of likely N-dealkylation sites (tertiary alicyclic amines) is 1. The molecule has 2 heterocycles. The van der Waals surface area contributed by atoms with Crippen LogP contribution in [0.15, 0.2) is 17.5 Å². The second kappa shape index (κ2) is 5.42. The zero-order valence-corrected chi connectivity index (χ0v) is 10.4. The van der Waals surface area contributed by atoms with E-state index in [9.17, 15) is 9.59 Å². The van der Waals surface area contributed by atoms with Crippen molar-refractivity contribution in [3.63, 3.8) is 0 Å². The fourth-order valence-electron chi connectivity index (χ4n) is 2.15. The highest BCUT2D eigenvalue weighted by Crippen LogP contribution is 2.17. The second-order valence-electron chi connectivity index (χ2n) is 4.38. The molecule has 1 atom stereocenters. The predicted molar refractivity (Wildman–Crippen MR) is 67.0 cm³/mol. The van der Waals surface area contributed by atoms with Gasteiger partial charge in [-0.05, 0) is 30.8 Å². The summed E-state index contributed by atoms with van der Waals surface area (Å²) in [6.07, 6.45) is 1.78. The van der Waals surface area contributed by atoms with Crippen molar-refractivity contribution >= 4 is 23.0 Å². The lowest BCUT2D eigenvalue weighted by atomic mass is 9.97. The van der Waals surface area contributed by atoms with Crippen molar-refractivity contribution in [2.24, 2.45) is 11.7 Å². The largest absolute Gasteiger partial charge is 0.369 e. The first kappa shape index (κ1) is 12.3. The van der Waals surface area contributed by atoms with Gasteiger partial charge in [0.25, 0.3) is 0 Å². The van der Waals surface area contributed by atoms with Crippen molar-refractivity contribution < 1.29 is 9.59 Å². The Morgan fingerprint density at radius 2 is 2.35 bits per heavy atom. The van der Waals surface area contributed by atoms with Crippen molar-refractivity contribution in [3.05, 3.63) is 22.4 Å². The minimum atomic E-state index is -0.252. The van der Waals surface area contributed by atoms with Crippen LogP contribution in [0.25, 0.3) is 0 Å². The van der Waals surface area contributed by atoms with Gasteiger partial charge in [-0.25, -0.2) is 0 Å². The molecule has 1 aromatic rings. The smallest absolute Gasteiger partial charge is 0.221 e. The van der Waals surface area contributed by atoms with E-state index in [1.807, 2.05) is 22.4 Å². The van der Waals surface area contributed by atoms with E-state index in [-0.39, 0.29) is 17.6 Å². The number of hydrogen-bond donors (Lipinski definition) is 1. The molecule has 1 unspecified atom stereocenters. The van der Waals surface area contributed by atoms with Crippen molar-refractivity contribution in [2.75, 3.05) is 19.6 Å². The molecular formula is C12H16N2O2S. The number of hydrogen-bond acceptors (Lipinski definition) is 4. The average molecular weight is 252 g/mol. The van der Waals surface area contributed by atoms with Crippen LogP contribution >= 0.6 is 11.3 Å². The molecule has 17 heavy (non-hydrogen) atoms. The van der Waals surface area contributed by atoms with Gasteiger partial charge in [-0.2, -0.15) is 0 Å². The Morgan fingerprint density at radius 3 is 3.00 bits per heavy atom. The number of carbonyl (C=O) groups is 2. The molecule has 0 spiro atoms. The lowest BCUT2D eigenvalue weighted by Crippen LogP contribution is -2.43. The number of Topliss-reactive ketones (excluding diaryl/α,β-unsaturated/α-hetero) is 1. The number of rotatable bonds is 4. The number of thiophene rings is 1. The van der Waals surface area contributed by atoms with E-state index >= 15 is 0 Å². The Kier molecular flexibility index (Phi) is 3.91. The molecule has 2 rings (SSSR count). The van der Waals surface area contributed by atoms with Crippen LogP contribution < -0.4 is 5.73 Å². The minimum absolute atomic E-state index is 0.0973. The number of piperidine rings is 1. The molecule has 0 bridgehead atoms. The summed E-state index contributed by atoms with van der Waals surface area (Å²) in [6.45, 7) is 1.89. The van der Waals surface area contributed by atoms with Crippen LogP contribution in [0.1, 0.15) is 22.5 Å². The molecule has 4 nitrogen and oxygen atoms in total. The van der Waals surface area contributed by atoms with Gasteiger partial charge < -0.3 is 5.73 Å². The number of nitrogens with zero attached hydrogens (tertiary/aromatic N) is 1. The first-order valence-corrected chi connectivity index (χ1v) is 6.63. The zero-order chi connectivity index (χ0) is 12.3. The molecule has 1 fully saturated rings. The van der Waals surface area contributed by atoms with E-state index < -0.39 is 0 Å². The Hall–Kier alpha value is -1.20. The molecule has 1 aromatic heterocycles. The molecule has 1 amide bonds. The molecule has 1 aliphatic rings. The number of ketones is 1. The van der Waals surface area contributed by atoms with Crippen molar-refractivity contribution in [1.82, 2.24) is 4.90 Å². The summed E-state index contributed by atoms with van der Waals surface area (Å²) in [6, 6.07) is 3.71. The first-order valence-electron chi connectivity index (χ1n) is 5.75. The van der Waals surface area contributed by atoms with Crippen molar-refractivity contribution in [2.45, 2.75) is 12.8 Å². The maximum Gasteiger partial charge on any atom is 0.221 e. The highest BCUT2D eigenvalue weighted by molar-refractivity contribution is 7.12. The Bertz CT molecular complexity index is 403. The van der Waals surface area contributed by atoms with Gasteiger partial charge in [0.15, 0.2) is 5.78 Å².